The van der Waals surface area contributed by atoms with Gasteiger partial charge in [0.2, 0.25) is 0 Å². The van der Waals surface area contributed by atoms with Crippen molar-refractivity contribution in [2.45, 2.75) is 32.9 Å². The molecule has 0 saturated heterocycles. The van der Waals surface area contributed by atoms with Crippen LogP contribution in [-0.2, 0) is 16.1 Å². The van der Waals surface area contributed by atoms with Crippen LogP contribution in [0, 0.1) is 0 Å². The number of hydrogen-bond donors (Lipinski definition) is 1. The average molecular weight is 257 g/mol. The van der Waals surface area contributed by atoms with Crippen LogP contribution < -0.4 is 5.73 Å². The lowest BCUT2D eigenvalue weighted by molar-refractivity contribution is -0.144. The van der Waals surface area contributed by atoms with E-state index in [4.69, 9.17) is 10.5 Å². The Hall–Kier alpha value is -1.14. The number of nitrogens with zero attached hydrogens (tertiary/aromatic N) is 2. The van der Waals surface area contributed by atoms with Gasteiger partial charge in [-0.3, -0.25) is 9.69 Å². The number of ether oxygens (including phenoxy) is 1. The second-order valence-electron chi connectivity index (χ2n) is 3.94. The second-order valence-corrected chi connectivity index (χ2v) is 5.08. The van der Waals surface area contributed by atoms with E-state index in [0.717, 1.165) is 11.4 Å². The molecule has 0 amide bonds. The Morgan fingerprint density at radius 1 is 1.71 bits per heavy atom. The van der Waals surface area contributed by atoms with Crippen LogP contribution in [0.1, 0.15) is 25.1 Å². The normalized spacial score (nSPS) is 12.7. The number of anilines is 1. The number of esters is 1. The number of aromatic nitrogens is 1. The van der Waals surface area contributed by atoms with Crippen molar-refractivity contribution >= 4 is 22.4 Å². The summed E-state index contributed by atoms with van der Waals surface area (Å²) < 4.78 is 4.92. The third-order valence-electron chi connectivity index (χ3n) is 2.50. The van der Waals surface area contributed by atoms with Crippen LogP contribution in [0.5, 0.6) is 0 Å². The number of carbonyl (C=O) groups excluding carboxylic acids is 1. The fourth-order valence-electron chi connectivity index (χ4n) is 1.41. The monoisotopic (exact) mass is 257 g/mol. The Kier molecular flexibility index (Phi) is 5.37. The Morgan fingerprint density at radius 3 is 2.94 bits per heavy atom. The summed E-state index contributed by atoms with van der Waals surface area (Å²) in [5.41, 5.74) is 5.57. The zero-order valence-electron chi connectivity index (χ0n) is 10.5. The van der Waals surface area contributed by atoms with Crippen molar-refractivity contribution in [1.29, 1.82) is 0 Å². The van der Waals surface area contributed by atoms with Crippen LogP contribution in [-0.4, -0.2) is 35.5 Å². The van der Waals surface area contributed by atoms with Gasteiger partial charge in [-0.2, -0.15) is 0 Å². The molecule has 2 N–H and O–H groups in total. The minimum atomic E-state index is -0.157. The molecule has 1 aromatic rings. The van der Waals surface area contributed by atoms with Crippen LogP contribution in [0.3, 0.4) is 0 Å². The molecule has 0 fully saturated rings. The third kappa shape index (κ3) is 4.70. The summed E-state index contributed by atoms with van der Waals surface area (Å²) in [5.74, 6) is -0.157. The standard InChI is InChI=1S/C11H19N3O2S/c1-4-16-10(15)5-8(2)14(3)7-9-6-13-11(12)17-9/h6,8H,4-5,7H2,1-3H3,(H2,12,13). The minimum Gasteiger partial charge on any atom is -0.466 e. The molecule has 1 atom stereocenters. The molecule has 0 aliphatic carbocycles. The first-order valence-corrected chi connectivity index (χ1v) is 6.40. The van der Waals surface area contributed by atoms with Crippen LogP contribution in [0.25, 0.3) is 0 Å². The molecule has 0 spiro atoms. The Morgan fingerprint density at radius 2 is 2.41 bits per heavy atom. The maximum atomic E-state index is 11.3. The van der Waals surface area contributed by atoms with E-state index >= 15 is 0 Å². The Bertz CT molecular complexity index is 367. The highest BCUT2D eigenvalue weighted by atomic mass is 32.1. The molecule has 0 bridgehead atoms. The number of nitrogens with two attached hydrogens (primary N) is 1. The van der Waals surface area contributed by atoms with Gasteiger partial charge in [0.05, 0.1) is 13.0 Å². The molecule has 6 heteroatoms. The van der Waals surface area contributed by atoms with Gasteiger partial charge in [0.15, 0.2) is 5.13 Å². The van der Waals surface area contributed by atoms with Crippen LogP contribution >= 0.6 is 11.3 Å². The molecule has 1 unspecified atom stereocenters. The van der Waals surface area contributed by atoms with E-state index in [1.807, 2.05) is 20.9 Å². The molecule has 0 aliphatic rings. The second kappa shape index (κ2) is 6.56. The van der Waals surface area contributed by atoms with Gasteiger partial charge in [-0.25, -0.2) is 4.98 Å². The topological polar surface area (TPSA) is 68.5 Å². The van der Waals surface area contributed by atoms with Gasteiger partial charge in [-0.1, -0.05) is 0 Å². The van der Waals surface area contributed by atoms with Crippen molar-refractivity contribution in [2.75, 3.05) is 19.4 Å². The highest BCUT2D eigenvalue weighted by Gasteiger charge is 2.15. The highest BCUT2D eigenvalue weighted by molar-refractivity contribution is 7.15. The summed E-state index contributed by atoms with van der Waals surface area (Å²) in [5, 5.41) is 0.575. The molecule has 0 radical (unpaired) electrons. The van der Waals surface area contributed by atoms with E-state index in [9.17, 15) is 4.79 Å². The fraction of sp³-hybridized carbons (Fsp3) is 0.636. The van der Waals surface area contributed by atoms with Gasteiger partial charge in [-0.15, -0.1) is 11.3 Å². The molecule has 5 nitrogen and oxygen atoms in total. The van der Waals surface area contributed by atoms with Crippen molar-refractivity contribution in [2.24, 2.45) is 0 Å². The van der Waals surface area contributed by atoms with Crippen molar-refractivity contribution in [3.63, 3.8) is 0 Å². The third-order valence-corrected chi connectivity index (χ3v) is 3.31. The lowest BCUT2D eigenvalue weighted by Gasteiger charge is -2.22. The summed E-state index contributed by atoms with van der Waals surface area (Å²) in [7, 11) is 1.97. The molecular formula is C11H19N3O2S. The van der Waals surface area contributed by atoms with Crippen LogP contribution in [0.2, 0.25) is 0 Å². The molecule has 0 aromatic carbocycles. The highest BCUT2D eigenvalue weighted by Crippen LogP contribution is 2.17. The van der Waals surface area contributed by atoms with Gasteiger partial charge in [-0.05, 0) is 20.9 Å². The first-order chi connectivity index (χ1) is 8.02. The fourth-order valence-corrected chi connectivity index (χ4v) is 2.16. The minimum absolute atomic E-state index is 0.136. The summed E-state index contributed by atoms with van der Waals surface area (Å²) >= 11 is 1.47. The van der Waals surface area contributed by atoms with Gasteiger partial charge < -0.3 is 10.5 Å². The molecule has 17 heavy (non-hydrogen) atoms. The largest absolute Gasteiger partial charge is 0.466 e. The van der Waals surface area contributed by atoms with Crippen molar-refractivity contribution in [3.05, 3.63) is 11.1 Å². The predicted molar refractivity (Wildman–Crippen MR) is 68.7 cm³/mol. The number of thiazole rings is 1. The van der Waals surface area contributed by atoms with E-state index < -0.39 is 0 Å². The Labute approximate surface area is 106 Å². The maximum absolute atomic E-state index is 11.3. The summed E-state index contributed by atoms with van der Waals surface area (Å²) in [6.07, 6.45) is 2.17. The number of carbonyl (C=O) groups is 1. The zero-order valence-corrected chi connectivity index (χ0v) is 11.3. The average Bonchev–Trinajstić information content (AvgIpc) is 2.64. The van der Waals surface area contributed by atoms with E-state index in [1.165, 1.54) is 11.3 Å². The summed E-state index contributed by atoms with van der Waals surface area (Å²) in [6, 6.07) is 0.136. The predicted octanol–water partition coefficient (Wildman–Crippen LogP) is 1.50. The Balaban J connectivity index is 2.41. The molecule has 1 rings (SSSR count). The maximum Gasteiger partial charge on any atom is 0.307 e. The smallest absolute Gasteiger partial charge is 0.307 e. The van der Waals surface area contributed by atoms with Crippen molar-refractivity contribution < 1.29 is 9.53 Å². The SMILES string of the molecule is CCOC(=O)CC(C)N(C)Cc1cnc(N)s1. The lowest BCUT2D eigenvalue weighted by Crippen LogP contribution is -2.31. The van der Waals surface area contributed by atoms with Crippen molar-refractivity contribution in [3.8, 4) is 0 Å². The molecular weight excluding hydrogens is 238 g/mol. The van der Waals surface area contributed by atoms with Crippen LogP contribution in [0.4, 0.5) is 5.13 Å². The van der Waals surface area contributed by atoms with E-state index in [2.05, 4.69) is 9.88 Å². The van der Waals surface area contributed by atoms with E-state index in [0.29, 0.717) is 18.2 Å². The molecule has 1 aromatic heterocycles. The number of rotatable bonds is 6. The number of hydrogen-bond acceptors (Lipinski definition) is 6. The summed E-state index contributed by atoms with van der Waals surface area (Å²) in [4.78, 5) is 18.5. The van der Waals surface area contributed by atoms with Gasteiger partial charge in [0.25, 0.3) is 0 Å². The first-order valence-electron chi connectivity index (χ1n) is 5.59. The zero-order chi connectivity index (χ0) is 12.8. The van der Waals surface area contributed by atoms with E-state index in [1.54, 1.807) is 6.20 Å². The molecule has 1 heterocycles. The van der Waals surface area contributed by atoms with Gasteiger partial charge in [0, 0.05) is 23.7 Å². The van der Waals surface area contributed by atoms with Gasteiger partial charge >= 0.3 is 5.97 Å². The first kappa shape index (κ1) is 13.9. The lowest BCUT2D eigenvalue weighted by atomic mass is 10.2. The summed E-state index contributed by atoms with van der Waals surface area (Å²) in [6.45, 7) is 4.99. The van der Waals surface area contributed by atoms with Gasteiger partial charge in [0.1, 0.15) is 0 Å². The van der Waals surface area contributed by atoms with Crippen LogP contribution in [0.15, 0.2) is 6.20 Å². The quantitative estimate of drug-likeness (QED) is 0.782. The number of nitrogen functional groups attached to an aromatic ring is 1. The van der Waals surface area contributed by atoms with Crippen molar-refractivity contribution in [1.82, 2.24) is 9.88 Å². The molecule has 96 valence electrons. The van der Waals surface area contributed by atoms with E-state index in [-0.39, 0.29) is 12.0 Å². The molecule has 0 aliphatic heterocycles. The molecule has 0 saturated carbocycles.